The molecule has 0 amide bonds. The minimum absolute atomic E-state index is 0.201. The smallest absolute Gasteiger partial charge is 0.108 e. The number of aliphatic hydroxyl groups excluding tert-OH is 1. The van der Waals surface area contributed by atoms with E-state index in [4.69, 9.17) is 5.73 Å². The van der Waals surface area contributed by atoms with E-state index >= 15 is 0 Å². The van der Waals surface area contributed by atoms with E-state index in [0.29, 0.717) is 5.69 Å². The fourth-order valence-corrected chi connectivity index (χ4v) is 1.35. The van der Waals surface area contributed by atoms with Gasteiger partial charge in [0.05, 0.1) is 11.2 Å². The summed E-state index contributed by atoms with van der Waals surface area (Å²) in [6, 6.07) is 7.61. The van der Waals surface area contributed by atoms with Gasteiger partial charge in [-0.05, 0) is 6.07 Å². The van der Waals surface area contributed by atoms with Gasteiger partial charge in [-0.1, -0.05) is 18.2 Å². The molecule has 0 radical (unpaired) electrons. The Morgan fingerprint density at radius 1 is 1.46 bits per heavy atom. The number of nitrogens with one attached hydrogen (secondary N) is 1. The van der Waals surface area contributed by atoms with Gasteiger partial charge in [-0.2, -0.15) is 5.10 Å². The molecule has 1 heterocycles. The fourth-order valence-electron chi connectivity index (χ4n) is 1.35. The van der Waals surface area contributed by atoms with Crippen LogP contribution in [0.3, 0.4) is 0 Å². The van der Waals surface area contributed by atoms with E-state index < -0.39 is 6.10 Å². The number of aliphatic hydroxyl groups is 1. The van der Waals surface area contributed by atoms with E-state index in [9.17, 15) is 5.11 Å². The molecule has 1 atom stereocenters. The Balaban J connectivity index is 2.57. The first kappa shape index (κ1) is 8.22. The van der Waals surface area contributed by atoms with Gasteiger partial charge < -0.3 is 10.8 Å². The third-order valence-corrected chi connectivity index (χ3v) is 2.05. The van der Waals surface area contributed by atoms with Crippen LogP contribution in [0.15, 0.2) is 24.3 Å². The number of fused-ring (bicyclic) bond motifs is 1. The van der Waals surface area contributed by atoms with E-state index in [1.807, 2.05) is 24.3 Å². The molecule has 0 saturated carbocycles. The topological polar surface area (TPSA) is 74.9 Å². The Hall–Kier alpha value is -1.39. The number of para-hydroxylation sites is 1. The summed E-state index contributed by atoms with van der Waals surface area (Å²) in [5, 5.41) is 17.3. The van der Waals surface area contributed by atoms with Gasteiger partial charge in [-0.25, -0.2) is 0 Å². The third-order valence-electron chi connectivity index (χ3n) is 2.05. The number of aromatic nitrogens is 2. The van der Waals surface area contributed by atoms with Crippen molar-refractivity contribution in [1.82, 2.24) is 10.2 Å². The number of aromatic amines is 1. The number of H-pyrrole nitrogens is 1. The summed E-state index contributed by atoms with van der Waals surface area (Å²) in [4.78, 5) is 0. The quantitative estimate of drug-likeness (QED) is 0.627. The monoisotopic (exact) mass is 177 g/mol. The third kappa shape index (κ3) is 1.30. The lowest BCUT2D eigenvalue weighted by atomic mass is 10.1. The van der Waals surface area contributed by atoms with Gasteiger partial charge in [0.1, 0.15) is 6.10 Å². The standard InChI is InChI=1S/C9H11N3O/c10-5-8(13)9-6-3-1-2-4-7(6)11-12-9/h1-4,8,13H,5,10H2,(H,11,12). The molecule has 0 bridgehead atoms. The highest BCUT2D eigenvalue weighted by atomic mass is 16.3. The first-order chi connectivity index (χ1) is 6.33. The van der Waals surface area contributed by atoms with Gasteiger partial charge in [0, 0.05) is 11.9 Å². The van der Waals surface area contributed by atoms with Crippen LogP contribution in [-0.4, -0.2) is 21.8 Å². The van der Waals surface area contributed by atoms with Crippen molar-refractivity contribution in [3.8, 4) is 0 Å². The van der Waals surface area contributed by atoms with Crippen LogP contribution in [0.5, 0.6) is 0 Å². The first-order valence-electron chi connectivity index (χ1n) is 4.14. The lowest BCUT2D eigenvalue weighted by molar-refractivity contribution is 0.183. The molecule has 4 nitrogen and oxygen atoms in total. The molecule has 4 heteroatoms. The summed E-state index contributed by atoms with van der Waals surface area (Å²) in [5.41, 5.74) is 6.90. The molecule has 2 rings (SSSR count). The Bertz CT molecular complexity index is 410. The normalized spacial score (nSPS) is 13.4. The van der Waals surface area contributed by atoms with Crippen molar-refractivity contribution in [1.29, 1.82) is 0 Å². The van der Waals surface area contributed by atoms with E-state index in [-0.39, 0.29) is 6.54 Å². The molecule has 1 aromatic carbocycles. The average molecular weight is 177 g/mol. The number of nitrogens with two attached hydrogens (primary N) is 1. The van der Waals surface area contributed by atoms with E-state index in [1.54, 1.807) is 0 Å². The molecule has 0 aliphatic heterocycles. The summed E-state index contributed by atoms with van der Waals surface area (Å²) < 4.78 is 0. The molecule has 68 valence electrons. The minimum atomic E-state index is -0.660. The van der Waals surface area contributed by atoms with E-state index in [1.165, 1.54) is 0 Å². The molecular formula is C9H11N3O. The highest BCUT2D eigenvalue weighted by Crippen LogP contribution is 2.20. The van der Waals surface area contributed by atoms with Crippen LogP contribution in [0.1, 0.15) is 11.8 Å². The molecule has 0 aliphatic carbocycles. The second kappa shape index (κ2) is 3.16. The zero-order valence-corrected chi connectivity index (χ0v) is 7.07. The van der Waals surface area contributed by atoms with Gasteiger partial charge in [0.25, 0.3) is 0 Å². The maximum Gasteiger partial charge on any atom is 0.108 e. The van der Waals surface area contributed by atoms with Gasteiger partial charge >= 0.3 is 0 Å². The minimum Gasteiger partial charge on any atom is -0.385 e. The predicted molar refractivity (Wildman–Crippen MR) is 50.1 cm³/mol. The molecule has 4 N–H and O–H groups in total. The Morgan fingerprint density at radius 3 is 3.00 bits per heavy atom. The van der Waals surface area contributed by atoms with Gasteiger partial charge in [0.15, 0.2) is 0 Å². The predicted octanol–water partition coefficient (Wildman–Crippen LogP) is 0.555. The number of nitrogens with zero attached hydrogens (tertiary/aromatic N) is 1. The fraction of sp³-hybridized carbons (Fsp3) is 0.222. The van der Waals surface area contributed by atoms with Crippen molar-refractivity contribution in [2.24, 2.45) is 5.73 Å². The zero-order valence-electron chi connectivity index (χ0n) is 7.07. The summed E-state index contributed by atoms with van der Waals surface area (Å²) in [6.07, 6.45) is -0.660. The summed E-state index contributed by atoms with van der Waals surface area (Å²) in [7, 11) is 0. The second-order valence-electron chi connectivity index (χ2n) is 2.91. The van der Waals surface area contributed by atoms with Crippen molar-refractivity contribution in [2.45, 2.75) is 6.10 Å². The maximum atomic E-state index is 9.52. The van der Waals surface area contributed by atoms with Crippen LogP contribution in [0.25, 0.3) is 10.9 Å². The molecule has 2 aromatic rings. The number of hydrogen-bond donors (Lipinski definition) is 3. The number of benzene rings is 1. The molecule has 0 aliphatic rings. The van der Waals surface area contributed by atoms with Crippen molar-refractivity contribution >= 4 is 10.9 Å². The molecule has 0 fully saturated rings. The number of rotatable bonds is 2. The molecule has 1 unspecified atom stereocenters. The summed E-state index contributed by atoms with van der Waals surface area (Å²) >= 11 is 0. The lowest BCUT2D eigenvalue weighted by Gasteiger charge is -2.03. The van der Waals surface area contributed by atoms with E-state index in [2.05, 4.69) is 10.2 Å². The van der Waals surface area contributed by atoms with Crippen molar-refractivity contribution in [3.63, 3.8) is 0 Å². The molecule has 0 spiro atoms. The lowest BCUT2D eigenvalue weighted by Crippen LogP contribution is -2.12. The largest absolute Gasteiger partial charge is 0.385 e. The molecule has 13 heavy (non-hydrogen) atoms. The Labute approximate surface area is 75.4 Å². The van der Waals surface area contributed by atoms with Crippen LogP contribution >= 0.6 is 0 Å². The van der Waals surface area contributed by atoms with Gasteiger partial charge in [-0.3, -0.25) is 5.10 Å². The highest BCUT2D eigenvalue weighted by molar-refractivity contribution is 5.81. The summed E-state index contributed by atoms with van der Waals surface area (Å²) in [6.45, 7) is 0.201. The Kier molecular flexibility index (Phi) is 2.00. The van der Waals surface area contributed by atoms with Crippen LogP contribution in [0, 0.1) is 0 Å². The van der Waals surface area contributed by atoms with Crippen molar-refractivity contribution in [2.75, 3.05) is 6.54 Å². The SMILES string of the molecule is NCC(O)c1[nH]nc2ccccc12. The van der Waals surface area contributed by atoms with Crippen LogP contribution in [0.4, 0.5) is 0 Å². The van der Waals surface area contributed by atoms with Crippen molar-refractivity contribution in [3.05, 3.63) is 30.0 Å². The highest BCUT2D eigenvalue weighted by Gasteiger charge is 2.11. The Morgan fingerprint density at radius 2 is 2.23 bits per heavy atom. The maximum absolute atomic E-state index is 9.52. The average Bonchev–Trinajstić information content (AvgIpc) is 2.60. The molecule has 1 aromatic heterocycles. The van der Waals surface area contributed by atoms with Crippen LogP contribution in [0.2, 0.25) is 0 Å². The van der Waals surface area contributed by atoms with Crippen LogP contribution < -0.4 is 5.73 Å². The number of hydrogen-bond acceptors (Lipinski definition) is 3. The second-order valence-corrected chi connectivity index (χ2v) is 2.91. The van der Waals surface area contributed by atoms with Gasteiger partial charge in [-0.15, -0.1) is 0 Å². The zero-order chi connectivity index (χ0) is 9.26. The molecular weight excluding hydrogens is 166 g/mol. The summed E-state index contributed by atoms with van der Waals surface area (Å²) in [5.74, 6) is 0. The van der Waals surface area contributed by atoms with E-state index in [0.717, 1.165) is 10.9 Å². The van der Waals surface area contributed by atoms with Crippen molar-refractivity contribution < 1.29 is 5.11 Å². The first-order valence-corrected chi connectivity index (χ1v) is 4.14. The van der Waals surface area contributed by atoms with Crippen LogP contribution in [-0.2, 0) is 0 Å². The van der Waals surface area contributed by atoms with Gasteiger partial charge in [0.2, 0.25) is 0 Å². The molecule has 0 saturated heterocycles.